The number of carbonyl (C=O) groups is 1. The molecule has 0 aromatic carbocycles. The van der Waals surface area contributed by atoms with Crippen molar-refractivity contribution in [1.82, 2.24) is 15.1 Å². The van der Waals surface area contributed by atoms with Crippen molar-refractivity contribution in [2.45, 2.75) is 19.4 Å². The number of carbonyl (C=O) groups excluding carboxylic acids is 1. The van der Waals surface area contributed by atoms with Crippen molar-refractivity contribution in [2.24, 2.45) is 0 Å². The SMILES string of the molecule is CCC1NCN(CCOCCN(C)C)C1=O. The lowest BCUT2D eigenvalue weighted by Gasteiger charge is -2.16. The summed E-state index contributed by atoms with van der Waals surface area (Å²) in [5.74, 6) is 0.207. The van der Waals surface area contributed by atoms with Crippen LogP contribution in [0.5, 0.6) is 0 Å². The Bertz CT molecular complexity index is 221. The average Bonchev–Trinajstić information content (AvgIpc) is 2.59. The molecule has 5 nitrogen and oxygen atoms in total. The highest BCUT2D eigenvalue weighted by atomic mass is 16.5. The fraction of sp³-hybridized carbons (Fsp3) is 0.909. The fourth-order valence-corrected chi connectivity index (χ4v) is 1.64. The lowest BCUT2D eigenvalue weighted by molar-refractivity contribution is -0.129. The molecule has 1 saturated heterocycles. The quantitative estimate of drug-likeness (QED) is 0.611. The highest BCUT2D eigenvalue weighted by Crippen LogP contribution is 2.05. The number of hydrogen-bond donors (Lipinski definition) is 1. The molecule has 1 aliphatic heterocycles. The fourth-order valence-electron chi connectivity index (χ4n) is 1.64. The van der Waals surface area contributed by atoms with Crippen molar-refractivity contribution in [3.05, 3.63) is 0 Å². The van der Waals surface area contributed by atoms with Crippen LogP contribution in [0.4, 0.5) is 0 Å². The second-order valence-electron chi connectivity index (χ2n) is 4.34. The van der Waals surface area contributed by atoms with E-state index >= 15 is 0 Å². The number of nitrogens with zero attached hydrogens (tertiary/aromatic N) is 2. The second-order valence-corrected chi connectivity index (χ2v) is 4.34. The van der Waals surface area contributed by atoms with Crippen LogP contribution in [0.3, 0.4) is 0 Å². The van der Waals surface area contributed by atoms with Gasteiger partial charge in [0, 0.05) is 13.1 Å². The number of amides is 1. The molecule has 16 heavy (non-hydrogen) atoms. The van der Waals surface area contributed by atoms with Gasteiger partial charge in [0.1, 0.15) is 0 Å². The molecular formula is C11H23N3O2. The summed E-state index contributed by atoms with van der Waals surface area (Å²) < 4.78 is 5.46. The molecule has 0 aromatic rings. The zero-order valence-corrected chi connectivity index (χ0v) is 10.5. The Morgan fingerprint density at radius 1 is 1.50 bits per heavy atom. The number of rotatable bonds is 7. The number of likely N-dealkylation sites (N-methyl/N-ethyl adjacent to an activating group) is 1. The van der Waals surface area contributed by atoms with Crippen molar-refractivity contribution in [1.29, 1.82) is 0 Å². The highest BCUT2D eigenvalue weighted by molar-refractivity contribution is 5.83. The summed E-state index contributed by atoms with van der Waals surface area (Å²) in [5.41, 5.74) is 0. The van der Waals surface area contributed by atoms with Crippen LogP contribution in [0, 0.1) is 0 Å². The predicted molar refractivity (Wildman–Crippen MR) is 63.2 cm³/mol. The molecule has 0 spiro atoms. The molecule has 0 bridgehead atoms. The van der Waals surface area contributed by atoms with Gasteiger partial charge in [0.25, 0.3) is 0 Å². The van der Waals surface area contributed by atoms with E-state index in [0.29, 0.717) is 19.8 Å². The van der Waals surface area contributed by atoms with Gasteiger partial charge in [0.15, 0.2) is 0 Å². The van der Waals surface area contributed by atoms with Gasteiger partial charge in [-0.25, -0.2) is 0 Å². The maximum atomic E-state index is 11.7. The van der Waals surface area contributed by atoms with E-state index in [1.807, 2.05) is 25.9 Å². The third kappa shape index (κ3) is 4.08. The van der Waals surface area contributed by atoms with Crippen LogP contribution in [-0.4, -0.2) is 68.8 Å². The molecule has 1 amide bonds. The Balaban J connectivity index is 2.08. The topological polar surface area (TPSA) is 44.8 Å². The largest absolute Gasteiger partial charge is 0.378 e. The minimum absolute atomic E-state index is 0.0155. The van der Waals surface area contributed by atoms with Crippen LogP contribution in [0.15, 0.2) is 0 Å². The minimum Gasteiger partial charge on any atom is -0.378 e. The average molecular weight is 229 g/mol. The molecule has 1 fully saturated rings. The van der Waals surface area contributed by atoms with Gasteiger partial charge < -0.3 is 14.5 Å². The van der Waals surface area contributed by atoms with Gasteiger partial charge in [-0.3, -0.25) is 10.1 Å². The molecule has 0 saturated carbocycles. The van der Waals surface area contributed by atoms with Gasteiger partial charge in [-0.2, -0.15) is 0 Å². The van der Waals surface area contributed by atoms with Crippen molar-refractivity contribution < 1.29 is 9.53 Å². The Hall–Kier alpha value is -0.650. The second kappa shape index (κ2) is 6.83. The van der Waals surface area contributed by atoms with Crippen molar-refractivity contribution in [2.75, 3.05) is 47.1 Å². The summed E-state index contributed by atoms with van der Waals surface area (Å²) >= 11 is 0. The monoisotopic (exact) mass is 229 g/mol. The molecule has 0 aliphatic carbocycles. The lowest BCUT2D eigenvalue weighted by atomic mass is 10.2. The zero-order chi connectivity index (χ0) is 12.0. The van der Waals surface area contributed by atoms with Gasteiger partial charge >= 0.3 is 0 Å². The third-order valence-electron chi connectivity index (χ3n) is 2.73. The first-order valence-corrected chi connectivity index (χ1v) is 5.89. The summed E-state index contributed by atoms with van der Waals surface area (Å²) in [7, 11) is 4.03. The Morgan fingerprint density at radius 3 is 2.81 bits per heavy atom. The summed E-state index contributed by atoms with van der Waals surface area (Å²) in [6, 6.07) is 0.0155. The van der Waals surface area contributed by atoms with E-state index in [-0.39, 0.29) is 11.9 Å². The molecule has 0 aromatic heterocycles. The van der Waals surface area contributed by atoms with E-state index < -0.39 is 0 Å². The molecule has 1 aliphatic rings. The molecule has 94 valence electrons. The maximum absolute atomic E-state index is 11.7. The molecule has 1 heterocycles. The Kier molecular flexibility index (Phi) is 5.73. The molecule has 5 heteroatoms. The Morgan fingerprint density at radius 2 is 2.25 bits per heavy atom. The predicted octanol–water partition coefficient (Wildman–Crippen LogP) is -0.267. The first-order valence-electron chi connectivity index (χ1n) is 5.89. The van der Waals surface area contributed by atoms with Gasteiger partial charge in [-0.15, -0.1) is 0 Å². The summed E-state index contributed by atoms with van der Waals surface area (Å²) in [6.45, 7) is 5.64. The molecule has 1 N–H and O–H groups in total. The minimum atomic E-state index is 0.0155. The van der Waals surface area contributed by atoms with E-state index in [9.17, 15) is 4.79 Å². The molecular weight excluding hydrogens is 206 g/mol. The lowest BCUT2D eigenvalue weighted by Crippen LogP contribution is -2.32. The third-order valence-corrected chi connectivity index (χ3v) is 2.73. The first kappa shape index (κ1) is 13.4. The van der Waals surface area contributed by atoms with Gasteiger partial charge in [0.05, 0.1) is 25.9 Å². The van der Waals surface area contributed by atoms with E-state index in [0.717, 1.165) is 19.6 Å². The van der Waals surface area contributed by atoms with Crippen molar-refractivity contribution >= 4 is 5.91 Å². The van der Waals surface area contributed by atoms with Crippen LogP contribution in [-0.2, 0) is 9.53 Å². The van der Waals surface area contributed by atoms with Crippen molar-refractivity contribution in [3.63, 3.8) is 0 Å². The van der Waals surface area contributed by atoms with E-state index in [4.69, 9.17) is 4.74 Å². The van der Waals surface area contributed by atoms with Gasteiger partial charge in [-0.05, 0) is 20.5 Å². The number of hydrogen-bond acceptors (Lipinski definition) is 4. The smallest absolute Gasteiger partial charge is 0.240 e. The standard InChI is InChI=1S/C11H23N3O2/c1-4-10-11(15)14(9-12-10)6-8-16-7-5-13(2)3/h10,12H,4-9H2,1-3H3. The summed E-state index contributed by atoms with van der Waals surface area (Å²) in [4.78, 5) is 15.6. The normalized spacial score (nSPS) is 21.1. The molecule has 1 rings (SSSR count). The van der Waals surface area contributed by atoms with Gasteiger partial charge in [-0.1, -0.05) is 6.92 Å². The van der Waals surface area contributed by atoms with Crippen molar-refractivity contribution in [3.8, 4) is 0 Å². The van der Waals surface area contributed by atoms with E-state index in [1.54, 1.807) is 0 Å². The maximum Gasteiger partial charge on any atom is 0.240 e. The van der Waals surface area contributed by atoms with Crippen LogP contribution < -0.4 is 5.32 Å². The van der Waals surface area contributed by atoms with Crippen LogP contribution in [0.25, 0.3) is 0 Å². The Labute approximate surface area is 97.7 Å². The number of nitrogens with one attached hydrogen (secondary N) is 1. The zero-order valence-electron chi connectivity index (χ0n) is 10.5. The molecule has 1 atom stereocenters. The van der Waals surface area contributed by atoms with E-state index in [1.165, 1.54) is 0 Å². The summed E-state index contributed by atoms with van der Waals surface area (Å²) in [5, 5.41) is 3.18. The summed E-state index contributed by atoms with van der Waals surface area (Å²) in [6.07, 6.45) is 0.858. The van der Waals surface area contributed by atoms with Crippen LogP contribution >= 0.6 is 0 Å². The van der Waals surface area contributed by atoms with Gasteiger partial charge in [0.2, 0.25) is 5.91 Å². The highest BCUT2D eigenvalue weighted by Gasteiger charge is 2.28. The molecule has 0 radical (unpaired) electrons. The van der Waals surface area contributed by atoms with Crippen LogP contribution in [0.2, 0.25) is 0 Å². The first-order chi connectivity index (χ1) is 7.65. The molecule has 1 unspecified atom stereocenters. The van der Waals surface area contributed by atoms with E-state index in [2.05, 4.69) is 10.2 Å². The number of ether oxygens (including phenoxy) is 1. The van der Waals surface area contributed by atoms with Crippen LogP contribution in [0.1, 0.15) is 13.3 Å².